The zero-order chi connectivity index (χ0) is 31.5. The first kappa shape index (κ1) is 31.1. The lowest BCUT2D eigenvalue weighted by Gasteiger charge is -2.45. The van der Waals surface area contributed by atoms with Crippen LogP contribution >= 0.6 is 0 Å². The number of hydrogen-bond donors (Lipinski definition) is 1. The Labute approximate surface area is 266 Å². The summed E-state index contributed by atoms with van der Waals surface area (Å²) in [5, 5.41) is 11.7. The molecule has 2 saturated heterocycles. The summed E-state index contributed by atoms with van der Waals surface area (Å²) in [6, 6.07) is 17.1. The minimum absolute atomic E-state index is 0.0817. The van der Waals surface area contributed by atoms with Crippen LogP contribution in [0.3, 0.4) is 0 Å². The van der Waals surface area contributed by atoms with Gasteiger partial charge in [0.15, 0.2) is 0 Å². The fourth-order valence-corrected chi connectivity index (χ4v) is 8.24. The van der Waals surface area contributed by atoms with Gasteiger partial charge in [0.1, 0.15) is 17.7 Å². The maximum atomic E-state index is 14.7. The summed E-state index contributed by atoms with van der Waals surface area (Å²) in [6.07, 6.45) is 5.87. The Morgan fingerprint density at radius 2 is 1.91 bits per heavy atom. The summed E-state index contributed by atoms with van der Waals surface area (Å²) in [5.41, 5.74) is 4.07. The number of imidazole rings is 1. The van der Waals surface area contributed by atoms with Gasteiger partial charge < -0.3 is 24.4 Å². The van der Waals surface area contributed by atoms with Crippen LogP contribution < -0.4 is 10.2 Å². The number of benzene rings is 2. The molecule has 0 bridgehead atoms. The summed E-state index contributed by atoms with van der Waals surface area (Å²) in [4.78, 5) is 22.2. The van der Waals surface area contributed by atoms with Gasteiger partial charge in [0.05, 0.1) is 11.6 Å². The molecule has 3 heterocycles. The Balaban J connectivity index is 1.15. The molecule has 6 rings (SSSR count). The van der Waals surface area contributed by atoms with E-state index in [0.29, 0.717) is 17.4 Å². The number of aromatic nitrogens is 2. The van der Waals surface area contributed by atoms with Crippen molar-refractivity contribution in [2.45, 2.75) is 57.0 Å². The summed E-state index contributed by atoms with van der Waals surface area (Å²) in [7, 11) is 3.68. The molecule has 4 atom stereocenters. The Kier molecular flexibility index (Phi) is 9.41. The van der Waals surface area contributed by atoms with Gasteiger partial charge >= 0.3 is 6.09 Å². The van der Waals surface area contributed by atoms with Gasteiger partial charge in [-0.15, -0.1) is 0 Å². The third kappa shape index (κ3) is 6.72. The van der Waals surface area contributed by atoms with Crippen molar-refractivity contribution in [3.8, 4) is 6.07 Å². The normalized spacial score (nSPS) is 23.4. The van der Waals surface area contributed by atoms with E-state index in [0.717, 1.165) is 76.2 Å². The van der Waals surface area contributed by atoms with Crippen LogP contribution in [0.2, 0.25) is 0 Å². The first-order valence-electron chi connectivity index (χ1n) is 16.5. The van der Waals surface area contributed by atoms with E-state index in [2.05, 4.69) is 50.8 Å². The number of nitrogens with zero attached hydrogens (tertiary/aromatic N) is 5. The average Bonchev–Trinajstić information content (AvgIpc) is 3.62. The van der Waals surface area contributed by atoms with Gasteiger partial charge in [-0.25, -0.2) is 14.2 Å². The van der Waals surface area contributed by atoms with Gasteiger partial charge in [-0.05, 0) is 92.6 Å². The molecule has 3 aliphatic rings. The second kappa shape index (κ2) is 13.6. The summed E-state index contributed by atoms with van der Waals surface area (Å²) < 4.78 is 23.0. The smallest absolute Gasteiger partial charge is 0.407 e. The number of amides is 1. The third-order valence-electron chi connectivity index (χ3n) is 10.5. The predicted octanol–water partition coefficient (Wildman–Crippen LogP) is 5.84. The molecule has 9 heteroatoms. The number of carbonyl (C=O) groups excluding carboxylic acids is 1. The van der Waals surface area contributed by atoms with Gasteiger partial charge in [0, 0.05) is 75.5 Å². The van der Waals surface area contributed by atoms with Crippen LogP contribution in [0.15, 0.2) is 54.7 Å². The van der Waals surface area contributed by atoms with Crippen LogP contribution in [-0.2, 0) is 18.2 Å². The van der Waals surface area contributed by atoms with Crippen molar-refractivity contribution in [3.05, 3.63) is 83.2 Å². The van der Waals surface area contributed by atoms with Crippen molar-refractivity contribution in [1.82, 2.24) is 19.8 Å². The van der Waals surface area contributed by atoms with Gasteiger partial charge in [-0.2, -0.15) is 5.26 Å². The fourth-order valence-electron chi connectivity index (χ4n) is 8.24. The van der Waals surface area contributed by atoms with Crippen LogP contribution in [0.5, 0.6) is 0 Å². The highest BCUT2D eigenvalue weighted by molar-refractivity contribution is 5.67. The van der Waals surface area contributed by atoms with Gasteiger partial charge in [-0.1, -0.05) is 19.1 Å². The molecule has 238 valence electrons. The van der Waals surface area contributed by atoms with Crippen LogP contribution in [0.25, 0.3) is 0 Å². The zero-order valence-corrected chi connectivity index (χ0v) is 26.7. The van der Waals surface area contributed by atoms with Crippen molar-refractivity contribution in [2.24, 2.45) is 24.8 Å². The number of anilines is 1. The van der Waals surface area contributed by atoms with E-state index in [1.165, 1.54) is 17.4 Å². The number of alkyl carbamates (subject to hydrolysis) is 1. The number of halogens is 1. The summed E-state index contributed by atoms with van der Waals surface area (Å²) in [5.74, 6) is 2.23. The van der Waals surface area contributed by atoms with Crippen LogP contribution in [0.1, 0.15) is 67.1 Å². The van der Waals surface area contributed by atoms with E-state index < -0.39 is 6.09 Å². The van der Waals surface area contributed by atoms with Gasteiger partial charge in [0.2, 0.25) is 0 Å². The average molecular weight is 613 g/mol. The van der Waals surface area contributed by atoms with Crippen LogP contribution in [-0.4, -0.2) is 66.4 Å². The highest BCUT2D eigenvalue weighted by Gasteiger charge is 2.46. The molecular formula is C36H45FN6O2. The topological polar surface area (TPSA) is 86.4 Å². The van der Waals surface area contributed by atoms with E-state index in [1.807, 2.05) is 36.5 Å². The maximum absolute atomic E-state index is 14.7. The van der Waals surface area contributed by atoms with Crippen LogP contribution in [0, 0.1) is 34.9 Å². The predicted molar refractivity (Wildman–Crippen MR) is 173 cm³/mol. The second-order valence-electron chi connectivity index (χ2n) is 13.2. The monoisotopic (exact) mass is 612 g/mol. The molecule has 2 aliphatic heterocycles. The SMILES string of the molecule is CCc1ncc(C2C[C@H](OC(=O)NC)[C@@H](C(c3cccc(F)c3)C3CCN(CC4CN(c5ccc(C#N)cc5)C4)CC3)C2)n1C. The minimum Gasteiger partial charge on any atom is -0.446 e. The van der Waals surface area contributed by atoms with E-state index in [-0.39, 0.29) is 29.7 Å². The van der Waals surface area contributed by atoms with Crippen molar-refractivity contribution < 1.29 is 13.9 Å². The number of nitrogens with one attached hydrogen (secondary N) is 1. The largest absolute Gasteiger partial charge is 0.446 e. The Bertz CT molecular complexity index is 1500. The lowest BCUT2D eigenvalue weighted by atomic mass is 9.71. The number of rotatable bonds is 9. The first-order valence-corrected chi connectivity index (χ1v) is 16.5. The highest BCUT2D eigenvalue weighted by Crippen LogP contribution is 2.51. The van der Waals surface area contributed by atoms with Crippen molar-refractivity contribution >= 4 is 11.8 Å². The molecule has 2 unspecified atom stereocenters. The molecule has 0 spiro atoms. The molecule has 3 fully saturated rings. The third-order valence-corrected chi connectivity index (χ3v) is 10.5. The number of ether oxygens (including phenoxy) is 1. The Morgan fingerprint density at radius 1 is 1.16 bits per heavy atom. The number of hydrogen-bond acceptors (Lipinski definition) is 6. The molecular weight excluding hydrogens is 567 g/mol. The highest BCUT2D eigenvalue weighted by atomic mass is 19.1. The Hall–Kier alpha value is -3.90. The molecule has 45 heavy (non-hydrogen) atoms. The molecule has 1 aliphatic carbocycles. The lowest BCUT2D eigenvalue weighted by Crippen LogP contribution is -2.52. The minimum atomic E-state index is -0.409. The number of piperidine rings is 1. The standard InChI is InChI=1S/C36H45FN6O2/c1-4-34-40-20-32(41(34)3)28-17-31(33(18-28)45-36(44)39-2)35(27-6-5-7-29(37)16-27)26-12-14-42(15-13-26)21-25-22-43(23-25)30-10-8-24(19-38)9-11-30/h5-11,16,20,25-26,28,31,33,35H,4,12-15,17-18,21-23H2,1-3H3,(H,39,44)/t28?,31-,33-,35?/m0/s1. The van der Waals surface area contributed by atoms with Gasteiger partial charge in [-0.3, -0.25) is 0 Å². The van der Waals surface area contributed by atoms with E-state index >= 15 is 0 Å². The lowest BCUT2D eigenvalue weighted by molar-refractivity contribution is 0.0505. The molecule has 0 radical (unpaired) electrons. The molecule has 1 N–H and O–H groups in total. The fraction of sp³-hybridized carbons (Fsp3) is 0.528. The van der Waals surface area contributed by atoms with Crippen molar-refractivity contribution in [1.29, 1.82) is 5.26 Å². The number of likely N-dealkylation sites (tertiary alicyclic amines) is 1. The summed E-state index contributed by atoms with van der Waals surface area (Å²) in [6.45, 7) is 7.30. The summed E-state index contributed by atoms with van der Waals surface area (Å²) >= 11 is 0. The quantitative estimate of drug-likeness (QED) is 0.327. The number of carbonyl (C=O) groups is 1. The van der Waals surface area contributed by atoms with Crippen molar-refractivity contribution in [2.75, 3.05) is 44.7 Å². The first-order chi connectivity index (χ1) is 21.9. The van der Waals surface area contributed by atoms with Gasteiger partial charge in [0.25, 0.3) is 0 Å². The molecule has 1 saturated carbocycles. The second-order valence-corrected chi connectivity index (χ2v) is 13.2. The molecule has 8 nitrogen and oxygen atoms in total. The van der Waals surface area contributed by atoms with E-state index in [9.17, 15) is 9.18 Å². The molecule has 2 aromatic carbocycles. The number of nitriles is 1. The van der Waals surface area contributed by atoms with Crippen molar-refractivity contribution in [3.63, 3.8) is 0 Å². The van der Waals surface area contributed by atoms with E-state index in [1.54, 1.807) is 13.1 Å². The maximum Gasteiger partial charge on any atom is 0.407 e. The Morgan fingerprint density at radius 3 is 2.56 bits per heavy atom. The van der Waals surface area contributed by atoms with Crippen LogP contribution in [0.4, 0.5) is 14.9 Å². The molecule has 3 aromatic rings. The van der Waals surface area contributed by atoms with E-state index in [4.69, 9.17) is 10.00 Å². The molecule has 1 amide bonds. The zero-order valence-electron chi connectivity index (χ0n) is 26.7. The number of aryl methyl sites for hydroxylation is 1. The molecule has 1 aromatic heterocycles.